The van der Waals surface area contributed by atoms with Gasteiger partial charge in [0.25, 0.3) is 5.91 Å². The summed E-state index contributed by atoms with van der Waals surface area (Å²) in [5.41, 5.74) is 0.543. The van der Waals surface area contributed by atoms with E-state index < -0.39 is 0 Å². The van der Waals surface area contributed by atoms with E-state index in [0.717, 1.165) is 61.6 Å². The Hall–Kier alpha value is -2.70. The Morgan fingerprint density at radius 3 is 2.31 bits per heavy atom. The standard InChI is InChI=1S/C25H31N5O2/c31-23(20-4-2-1-3-5-20)26-16-22-28-27-21-6-7-29(8-9-30(21)22)24(32)25-13-17-10-18(14-25)12-19(11-17)15-25/h1-5,17-19H,6-16H2,(H,26,31). The first-order chi connectivity index (χ1) is 15.6. The number of carbonyl (C=O) groups is 2. The average molecular weight is 434 g/mol. The van der Waals surface area contributed by atoms with Crippen molar-refractivity contribution < 1.29 is 9.59 Å². The first-order valence-electron chi connectivity index (χ1n) is 12.1. The Labute approximate surface area is 188 Å². The highest BCUT2D eigenvalue weighted by Crippen LogP contribution is 2.60. The molecular weight excluding hydrogens is 402 g/mol. The second-order valence-electron chi connectivity index (χ2n) is 10.5. The molecule has 7 heteroatoms. The molecular formula is C25H31N5O2. The van der Waals surface area contributed by atoms with Crippen molar-refractivity contribution in [3.8, 4) is 0 Å². The van der Waals surface area contributed by atoms with Gasteiger partial charge in [0.2, 0.25) is 5.91 Å². The highest BCUT2D eigenvalue weighted by Gasteiger charge is 2.55. The van der Waals surface area contributed by atoms with Crippen molar-refractivity contribution >= 4 is 11.8 Å². The quantitative estimate of drug-likeness (QED) is 0.804. The molecule has 0 atom stereocenters. The van der Waals surface area contributed by atoms with E-state index in [1.54, 1.807) is 12.1 Å². The van der Waals surface area contributed by atoms with Crippen LogP contribution in [0.1, 0.15) is 60.5 Å². The van der Waals surface area contributed by atoms with Gasteiger partial charge in [0.15, 0.2) is 5.82 Å². The molecule has 7 nitrogen and oxygen atoms in total. The van der Waals surface area contributed by atoms with Crippen LogP contribution >= 0.6 is 0 Å². The minimum absolute atomic E-state index is 0.0913. The molecule has 1 aliphatic heterocycles. The zero-order chi connectivity index (χ0) is 21.7. The number of nitrogens with one attached hydrogen (secondary N) is 1. The van der Waals surface area contributed by atoms with E-state index in [-0.39, 0.29) is 11.3 Å². The van der Waals surface area contributed by atoms with Crippen molar-refractivity contribution in [3.05, 3.63) is 47.5 Å². The summed E-state index contributed by atoms with van der Waals surface area (Å²) in [6.07, 6.45) is 8.10. The van der Waals surface area contributed by atoms with Crippen LogP contribution in [0.5, 0.6) is 0 Å². The number of benzene rings is 1. The summed E-state index contributed by atoms with van der Waals surface area (Å²) in [5, 5.41) is 11.7. The number of rotatable bonds is 4. The molecule has 0 saturated heterocycles. The van der Waals surface area contributed by atoms with Crippen LogP contribution in [0.25, 0.3) is 0 Å². The molecule has 1 N–H and O–H groups in total. The fourth-order valence-electron chi connectivity index (χ4n) is 7.28. The highest BCUT2D eigenvalue weighted by molar-refractivity contribution is 5.94. The van der Waals surface area contributed by atoms with Crippen molar-refractivity contribution in [1.29, 1.82) is 0 Å². The maximum Gasteiger partial charge on any atom is 0.251 e. The minimum Gasteiger partial charge on any atom is -0.345 e. The third-order valence-corrected chi connectivity index (χ3v) is 8.33. The van der Waals surface area contributed by atoms with E-state index in [9.17, 15) is 9.59 Å². The van der Waals surface area contributed by atoms with Gasteiger partial charge < -0.3 is 14.8 Å². The summed E-state index contributed by atoms with van der Waals surface area (Å²) in [6, 6.07) is 9.20. The number of carbonyl (C=O) groups excluding carboxylic acids is 2. The lowest BCUT2D eigenvalue weighted by atomic mass is 9.49. The molecule has 2 amide bonds. The number of hydrogen-bond acceptors (Lipinski definition) is 4. The Kier molecular flexibility index (Phi) is 4.81. The van der Waals surface area contributed by atoms with Gasteiger partial charge in [-0.1, -0.05) is 18.2 Å². The average Bonchev–Trinajstić information content (AvgIpc) is 3.06. The van der Waals surface area contributed by atoms with Crippen molar-refractivity contribution in [2.75, 3.05) is 13.1 Å². The van der Waals surface area contributed by atoms with Gasteiger partial charge in [-0.05, 0) is 68.4 Å². The summed E-state index contributed by atoms with van der Waals surface area (Å²) in [4.78, 5) is 28.3. The Morgan fingerprint density at radius 2 is 1.62 bits per heavy atom. The van der Waals surface area contributed by atoms with Crippen LogP contribution in [0, 0.1) is 23.2 Å². The molecule has 1 aromatic carbocycles. The first kappa shape index (κ1) is 19.9. The molecule has 2 aromatic rings. The zero-order valence-corrected chi connectivity index (χ0v) is 18.5. The van der Waals surface area contributed by atoms with Crippen LogP contribution in [-0.2, 0) is 24.3 Å². The minimum atomic E-state index is -0.116. The molecule has 7 rings (SSSR count). The fourth-order valence-corrected chi connectivity index (χ4v) is 7.28. The highest BCUT2D eigenvalue weighted by atomic mass is 16.2. The smallest absolute Gasteiger partial charge is 0.251 e. The zero-order valence-electron chi connectivity index (χ0n) is 18.5. The third kappa shape index (κ3) is 3.42. The Balaban J connectivity index is 1.12. The van der Waals surface area contributed by atoms with Crippen molar-refractivity contribution in [1.82, 2.24) is 25.0 Å². The van der Waals surface area contributed by atoms with Crippen LogP contribution in [-0.4, -0.2) is 44.6 Å². The molecule has 32 heavy (non-hydrogen) atoms. The predicted octanol–water partition coefficient (Wildman–Crippen LogP) is 2.81. The summed E-state index contributed by atoms with van der Waals surface area (Å²) in [6.45, 7) is 2.45. The third-order valence-electron chi connectivity index (χ3n) is 8.33. The summed E-state index contributed by atoms with van der Waals surface area (Å²) in [5.74, 6) is 4.28. The Morgan fingerprint density at radius 1 is 0.938 bits per heavy atom. The SMILES string of the molecule is O=C(NCc1nnc2n1CCN(C(=O)C13CC4CC(CC(C4)C1)C3)CC2)c1ccccc1. The molecule has 2 heterocycles. The van der Waals surface area contributed by atoms with Gasteiger partial charge in [0, 0.05) is 31.6 Å². The van der Waals surface area contributed by atoms with Crippen LogP contribution in [0.4, 0.5) is 0 Å². The predicted molar refractivity (Wildman–Crippen MR) is 119 cm³/mol. The van der Waals surface area contributed by atoms with Crippen LogP contribution in [0.2, 0.25) is 0 Å². The normalized spacial score (nSPS) is 30.6. The topological polar surface area (TPSA) is 80.1 Å². The molecule has 4 fully saturated rings. The second-order valence-corrected chi connectivity index (χ2v) is 10.5. The second kappa shape index (κ2) is 7.71. The molecule has 5 aliphatic rings. The van der Waals surface area contributed by atoms with Crippen LogP contribution < -0.4 is 5.32 Å². The van der Waals surface area contributed by atoms with Crippen molar-refractivity contribution in [3.63, 3.8) is 0 Å². The van der Waals surface area contributed by atoms with Gasteiger partial charge in [-0.15, -0.1) is 10.2 Å². The van der Waals surface area contributed by atoms with E-state index >= 15 is 0 Å². The first-order valence-corrected chi connectivity index (χ1v) is 12.1. The lowest BCUT2D eigenvalue weighted by molar-refractivity contribution is -0.157. The number of fused-ring (bicyclic) bond motifs is 1. The van der Waals surface area contributed by atoms with Crippen LogP contribution in [0.15, 0.2) is 30.3 Å². The molecule has 0 unspecified atom stereocenters. The maximum atomic E-state index is 13.8. The fraction of sp³-hybridized carbons (Fsp3) is 0.600. The van der Waals surface area contributed by atoms with E-state index in [0.29, 0.717) is 31.1 Å². The lowest BCUT2D eigenvalue weighted by Crippen LogP contribution is -2.55. The van der Waals surface area contributed by atoms with Crippen LogP contribution in [0.3, 0.4) is 0 Å². The number of nitrogens with zero attached hydrogens (tertiary/aromatic N) is 4. The van der Waals surface area contributed by atoms with Gasteiger partial charge in [-0.25, -0.2) is 0 Å². The summed E-state index contributed by atoms with van der Waals surface area (Å²) < 4.78 is 2.10. The largest absolute Gasteiger partial charge is 0.345 e. The molecule has 4 aliphatic carbocycles. The number of aromatic nitrogens is 3. The van der Waals surface area contributed by atoms with E-state index in [1.807, 2.05) is 18.2 Å². The van der Waals surface area contributed by atoms with E-state index in [1.165, 1.54) is 19.3 Å². The van der Waals surface area contributed by atoms with Crippen molar-refractivity contribution in [2.45, 2.75) is 58.0 Å². The molecule has 0 radical (unpaired) electrons. The monoisotopic (exact) mass is 433 g/mol. The maximum absolute atomic E-state index is 13.8. The van der Waals surface area contributed by atoms with Gasteiger partial charge >= 0.3 is 0 Å². The Bertz CT molecular complexity index is 995. The molecule has 4 saturated carbocycles. The van der Waals surface area contributed by atoms with Gasteiger partial charge in [-0.3, -0.25) is 9.59 Å². The molecule has 1 aromatic heterocycles. The number of amides is 2. The summed E-state index contributed by atoms with van der Waals surface area (Å²) in [7, 11) is 0. The van der Waals surface area contributed by atoms with E-state index in [4.69, 9.17) is 0 Å². The van der Waals surface area contributed by atoms with Crippen molar-refractivity contribution in [2.24, 2.45) is 23.2 Å². The van der Waals surface area contributed by atoms with Gasteiger partial charge in [0.1, 0.15) is 5.82 Å². The number of hydrogen-bond donors (Lipinski definition) is 1. The molecule has 0 spiro atoms. The van der Waals surface area contributed by atoms with Gasteiger partial charge in [-0.2, -0.15) is 0 Å². The van der Waals surface area contributed by atoms with E-state index in [2.05, 4.69) is 25.0 Å². The molecule has 168 valence electrons. The molecule has 4 bridgehead atoms. The summed E-state index contributed by atoms with van der Waals surface area (Å²) >= 11 is 0. The lowest BCUT2D eigenvalue weighted by Gasteiger charge is -2.56. The van der Waals surface area contributed by atoms with Gasteiger partial charge in [0.05, 0.1) is 12.0 Å².